The standard InChI is InChI=1S/C13H9ClN2O6S/c14-10-6-5-8(7-11(10)16(18)19)23(20,21)12-4-2-1-3-9(12)13(17)22-15/h1-7H,15H2. The van der Waals surface area contributed by atoms with Gasteiger partial charge in [-0.1, -0.05) is 23.7 Å². The van der Waals surface area contributed by atoms with E-state index >= 15 is 0 Å². The molecule has 8 nitrogen and oxygen atoms in total. The van der Waals surface area contributed by atoms with E-state index < -0.39 is 26.4 Å². The predicted molar refractivity (Wildman–Crippen MR) is 79.6 cm³/mol. The van der Waals surface area contributed by atoms with E-state index in [1.165, 1.54) is 24.3 Å². The Hall–Kier alpha value is -2.49. The molecule has 10 heteroatoms. The van der Waals surface area contributed by atoms with Gasteiger partial charge in [-0.25, -0.2) is 13.2 Å². The molecule has 0 bridgehead atoms. The highest BCUT2D eigenvalue weighted by Crippen LogP contribution is 2.31. The van der Waals surface area contributed by atoms with Crippen molar-refractivity contribution < 1.29 is 23.0 Å². The number of hydrogen-bond acceptors (Lipinski definition) is 7. The van der Waals surface area contributed by atoms with Gasteiger partial charge in [0.1, 0.15) is 5.02 Å². The number of nitro benzene ring substituents is 1. The number of halogens is 1. The van der Waals surface area contributed by atoms with Gasteiger partial charge < -0.3 is 4.84 Å². The van der Waals surface area contributed by atoms with Crippen molar-refractivity contribution in [2.75, 3.05) is 0 Å². The van der Waals surface area contributed by atoms with Crippen LogP contribution in [0.2, 0.25) is 5.02 Å². The number of sulfone groups is 1. The average molecular weight is 357 g/mol. The van der Waals surface area contributed by atoms with Crippen molar-refractivity contribution in [2.45, 2.75) is 9.79 Å². The predicted octanol–water partition coefficient (Wildman–Crippen LogP) is 2.11. The summed E-state index contributed by atoms with van der Waals surface area (Å²) >= 11 is 5.66. The first kappa shape index (κ1) is 16.9. The smallest absolute Gasteiger partial charge is 0.357 e. The number of carbonyl (C=O) groups excluding carboxylic acids is 1. The lowest BCUT2D eigenvalue weighted by Gasteiger charge is -2.09. The summed E-state index contributed by atoms with van der Waals surface area (Å²) in [7, 11) is -4.22. The molecule has 2 aromatic rings. The van der Waals surface area contributed by atoms with Crippen molar-refractivity contribution in [1.29, 1.82) is 0 Å². The second kappa shape index (κ2) is 6.32. The summed E-state index contributed by atoms with van der Waals surface area (Å²) in [5.74, 6) is 3.74. The molecule has 120 valence electrons. The van der Waals surface area contributed by atoms with E-state index in [-0.39, 0.29) is 20.4 Å². The van der Waals surface area contributed by atoms with Crippen LogP contribution in [-0.2, 0) is 14.7 Å². The minimum atomic E-state index is -4.22. The number of nitrogens with zero attached hydrogens (tertiary/aromatic N) is 1. The van der Waals surface area contributed by atoms with Crippen LogP contribution in [0.3, 0.4) is 0 Å². The normalized spacial score (nSPS) is 11.0. The summed E-state index contributed by atoms with van der Waals surface area (Å²) in [4.78, 5) is 25.0. The molecule has 0 aliphatic rings. The van der Waals surface area contributed by atoms with Gasteiger partial charge >= 0.3 is 5.97 Å². The fourth-order valence-electron chi connectivity index (χ4n) is 1.86. The van der Waals surface area contributed by atoms with Crippen LogP contribution in [-0.4, -0.2) is 19.3 Å². The van der Waals surface area contributed by atoms with E-state index in [0.717, 1.165) is 18.2 Å². The summed E-state index contributed by atoms with van der Waals surface area (Å²) in [5.41, 5.74) is -0.848. The Bertz CT molecular complexity index is 897. The van der Waals surface area contributed by atoms with Gasteiger partial charge in [0.15, 0.2) is 0 Å². The zero-order valence-corrected chi connectivity index (χ0v) is 12.9. The third-order valence-electron chi connectivity index (χ3n) is 2.93. The number of nitro groups is 1. The van der Waals surface area contributed by atoms with Crippen LogP contribution < -0.4 is 5.90 Å². The molecule has 0 amide bonds. The molecule has 0 saturated carbocycles. The SMILES string of the molecule is NOC(=O)c1ccccc1S(=O)(=O)c1ccc(Cl)c([N+](=O)[O-])c1. The van der Waals surface area contributed by atoms with Crippen molar-refractivity contribution in [3.8, 4) is 0 Å². The van der Waals surface area contributed by atoms with Crippen LogP contribution in [0.1, 0.15) is 10.4 Å². The first-order valence-electron chi connectivity index (χ1n) is 5.98. The summed E-state index contributed by atoms with van der Waals surface area (Å²) in [6, 6.07) is 8.22. The molecule has 0 unspecified atom stereocenters. The lowest BCUT2D eigenvalue weighted by atomic mass is 10.2. The van der Waals surface area contributed by atoms with E-state index in [4.69, 9.17) is 17.5 Å². The maximum Gasteiger partial charge on any atom is 0.357 e. The molecule has 0 fully saturated rings. The van der Waals surface area contributed by atoms with Gasteiger partial charge in [-0.2, -0.15) is 5.90 Å². The van der Waals surface area contributed by atoms with Crippen LogP contribution in [0.25, 0.3) is 0 Å². The monoisotopic (exact) mass is 356 g/mol. The molecule has 0 aliphatic heterocycles. The summed E-state index contributed by atoms with van der Waals surface area (Å²) in [6.07, 6.45) is 0. The maximum absolute atomic E-state index is 12.6. The molecule has 0 saturated heterocycles. The highest BCUT2D eigenvalue weighted by Gasteiger charge is 2.27. The zero-order valence-electron chi connectivity index (χ0n) is 11.3. The van der Waals surface area contributed by atoms with Gasteiger partial charge in [0.05, 0.1) is 20.3 Å². The van der Waals surface area contributed by atoms with E-state index in [1.54, 1.807) is 0 Å². The Morgan fingerprint density at radius 1 is 1.22 bits per heavy atom. The van der Waals surface area contributed by atoms with Crippen LogP contribution in [0.5, 0.6) is 0 Å². The second-order valence-electron chi connectivity index (χ2n) is 4.28. The third kappa shape index (κ3) is 3.16. The fourth-order valence-corrected chi connectivity index (χ4v) is 3.51. The number of nitrogens with two attached hydrogens (primary N) is 1. The summed E-state index contributed by atoms with van der Waals surface area (Å²) in [5, 5.41) is 10.7. The Kier molecular flexibility index (Phi) is 4.64. The van der Waals surface area contributed by atoms with Crippen molar-refractivity contribution >= 4 is 33.1 Å². The highest BCUT2D eigenvalue weighted by atomic mass is 35.5. The van der Waals surface area contributed by atoms with Crippen LogP contribution in [0, 0.1) is 10.1 Å². The fraction of sp³-hybridized carbons (Fsp3) is 0. The average Bonchev–Trinajstić information content (AvgIpc) is 2.54. The lowest BCUT2D eigenvalue weighted by molar-refractivity contribution is -0.384. The molecule has 0 aromatic heterocycles. The van der Waals surface area contributed by atoms with Crippen LogP contribution in [0.15, 0.2) is 52.3 Å². The van der Waals surface area contributed by atoms with E-state index in [2.05, 4.69) is 4.84 Å². The Labute approximate surface area is 135 Å². The van der Waals surface area contributed by atoms with Crippen LogP contribution in [0.4, 0.5) is 5.69 Å². The van der Waals surface area contributed by atoms with Crippen molar-refractivity contribution in [3.05, 3.63) is 63.2 Å². The van der Waals surface area contributed by atoms with Crippen molar-refractivity contribution in [2.24, 2.45) is 5.90 Å². The molecule has 2 N–H and O–H groups in total. The van der Waals surface area contributed by atoms with E-state index in [0.29, 0.717) is 0 Å². The first-order chi connectivity index (χ1) is 10.8. The number of rotatable bonds is 4. The summed E-state index contributed by atoms with van der Waals surface area (Å²) < 4.78 is 25.3. The van der Waals surface area contributed by atoms with Gasteiger partial charge in [0.2, 0.25) is 9.84 Å². The van der Waals surface area contributed by atoms with E-state index in [1.807, 2.05) is 0 Å². The molecule has 2 aromatic carbocycles. The molecule has 2 rings (SSSR count). The van der Waals surface area contributed by atoms with Crippen molar-refractivity contribution in [1.82, 2.24) is 0 Å². The topological polar surface area (TPSA) is 130 Å². The molecule has 0 radical (unpaired) electrons. The Morgan fingerprint density at radius 3 is 2.48 bits per heavy atom. The number of benzene rings is 2. The van der Waals surface area contributed by atoms with Gasteiger partial charge in [-0.15, -0.1) is 0 Å². The van der Waals surface area contributed by atoms with E-state index in [9.17, 15) is 23.3 Å². The molecule has 23 heavy (non-hydrogen) atoms. The minimum Gasteiger partial charge on any atom is -0.370 e. The Morgan fingerprint density at radius 2 is 1.87 bits per heavy atom. The van der Waals surface area contributed by atoms with Gasteiger partial charge in [-0.05, 0) is 24.3 Å². The Balaban J connectivity index is 2.67. The third-order valence-corrected chi connectivity index (χ3v) is 5.06. The van der Waals surface area contributed by atoms with Gasteiger partial charge in [0, 0.05) is 6.07 Å². The minimum absolute atomic E-state index is 0.205. The second-order valence-corrected chi connectivity index (χ2v) is 6.60. The van der Waals surface area contributed by atoms with Gasteiger partial charge in [-0.3, -0.25) is 10.1 Å². The number of carbonyl (C=O) groups is 1. The van der Waals surface area contributed by atoms with Crippen molar-refractivity contribution in [3.63, 3.8) is 0 Å². The highest BCUT2D eigenvalue weighted by molar-refractivity contribution is 7.91. The number of hydrogen-bond donors (Lipinski definition) is 1. The lowest BCUT2D eigenvalue weighted by Crippen LogP contribution is -2.15. The first-order valence-corrected chi connectivity index (χ1v) is 7.84. The molecule has 0 heterocycles. The molecular formula is C13H9ClN2O6S. The van der Waals surface area contributed by atoms with Gasteiger partial charge in [0.25, 0.3) is 5.69 Å². The molecule has 0 aliphatic carbocycles. The maximum atomic E-state index is 12.6. The summed E-state index contributed by atoms with van der Waals surface area (Å²) in [6.45, 7) is 0. The van der Waals surface area contributed by atoms with Crippen LogP contribution >= 0.6 is 11.6 Å². The zero-order chi connectivity index (χ0) is 17.2. The largest absolute Gasteiger partial charge is 0.370 e. The molecule has 0 spiro atoms. The molecular weight excluding hydrogens is 348 g/mol. The molecule has 0 atom stereocenters. The quantitative estimate of drug-likeness (QED) is 0.655.